The van der Waals surface area contributed by atoms with Crippen LogP contribution < -0.4 is 11.1 Å². The molecule has 1 fully saturated rings. The van der Waals surface area contributed by atoms with Crippen molar-refractivity contribution in [3.8, 4) is 0 Å². The summed E-state index contributed by atoms with van der Waals surface area (Å²) >= 11 is 0. The number of rotatable bonds is 6. The smallest absolute Gasteiger partial charge is 0.236 e. The van der Waals surface area contributed by atoms with Crippen molar-refractivity contribution in [3.63, 3.8) is 0 Å². The van der Waals surface area contributed by atoms with Crippen molar-refractivity contribution in [3.05, 3.63) is 0 Å². The summed E-state index contributed by atoms with van der Waals surface area (Å²) in [5, 5.41) is 2.99. The molecule has 0 saturated heterocycles. The van der Waals surface area contributed by atoms with E-state index in [4.69, 9.17) is 5.73 Å². The first-order chi connectivity index (χ1) is 8.49. The molecule has 1 aliphatic rings. The Bertz CT molecular complexity index is 253. The summed E-state index contributed by atoms with van der Waals surface area (Å²) in [7, 11) is 0. The molecule has 1 rings (SSSR count). The minimum atomic E-state index is -0.338. The van der Waals surface area contributed by atoms with Crippen LogP contribution in [0.1, 0.15) is 59.3 Å². The third kappa shape index (κ3) is 5.85. The molecule has 0 spiro atoms. The van der Waals surface area contributed by atoms with Gasteiger partial charge in [-0.3, -0.25) is 4.79 Å². The van der Waals surface area contributed by atoms with Gasteiger partial charge in [0.15, 0.2) is 0 Å². The molecule has 3 N–H and O–H groups in total. The fourth-order valence-corrected chi connectivity index (χ4v) is 2.97. The Morgan fingerprint density at radius 1 is 1.39 bits per heavy atom. The number of hydrogen-bond donors (Lipinski definition) is 2. The van der Waals surface area contributed by atoms with Crippen molar-refractivity contribution in [2.24, 2.45) is 23.5 Å². The number of amides is 1. The van der Waals surface area contributed by atoms with Crippen molar-refractivity contribution >= 4 is 5.91 Å². The number of hydrogen-bond acceptors (Lipinski definition) is 2. The van der Waals surface area contributed by atoms with E-state index in [-0.39, 0.29) is 11.9 Å². The molecule has 106 valence electrons. The molecule has 1 saturated carbocycles. The fourth-order valence-electron chi connectivity index (χ4n) is 2.97. The summed E-state index contributed by atoms with van der Waals surface area (Å²) in [6.07, 6.45) is 7.28. The Morgan fingerprint density at radius 3 is 2.72 bits per heavy atom. The van der Waals surface area contributed by atoms with Crippen molar-refractivity contribution in [2.75, 3.05) is 6.54 Å². The van der Waals surface area contributed by atoms with Crippen LogP contribution in [-0.2, 0) is 4.79 Å². The second-order valence-corrected chi connectivity index (χ2v) is 6.45. The zero-order valence-electron chi connectivity index (χ0n) is 12.2. The fraction of sp³-hybridized carbons (Fsp3) is 0.933. The van der Waals surface area contributed by atoms with E-state index in [1.807, 2.05) is 0 Å². The third-order valence-corrected chi connectivity index (χ3v) is 3.96. The van der Waals surface area contributed by atoms with Gasteiger partial charge in [0.1, 0.15) is 0 Å². The number of carbonyl (C=O) groups excluding carboxylic acids is 1. The largest absolute Gasteiger partial charge is 0.355 e. The number of nitrogens with two attached hydrogens (primary N) is 1. The van der Waals surface area contributed by atoms with Gasteiger partial charge in [-0.2, -0.15) is 0 Å². The van der Waals surface area contributed by atoms with Gasteiger partial charge in [0.05, 0.1) is 6.04 Å². The van der Waals surface area contributed by atoms with E-state index < -0.39 is 0 Å². The molecule has 3 heteroatoms. The zero-order valence-corrected chi connectivity index (χ0v) is 12.2. The molecule has 0 radical (unpaired) electrons. The SMILES string of the molecule is CC(C)C[C@H](N)C(=O)NCCC1CCCC(C)C1. The van der Waals surface area contributed by atoms with Crippen LogP contribution in [0.25, 0.3) is 0 Å². The van der Waals surface area contributed by atoms with E-state index in [0.717, 1.165) is 31.2 Å². The minimum Gasteiger partial charge on any atom is -0.355 e. The van der Waals surface area contributed by atoms with Crippen LogP contribution in [0.15, 0.2) is 0 Å². The van der Waals surface area contributed by atoms with Gasteiger partial charge in [-0.05, 0) is 37.0 Å². The normalized spacial score (nSPS) is 26.1. The predicted octanol–water partition coefficient (Wildman–Crippen LogP) is 2.69. The minimum absolute atomic E-state index is 0.0209. The highest BCUT2D eigenvalue weighted by molar-refractivity contribution is 5.81. The molecule has 0 aromatic heterocycles. The average molecular weight is 254 g/mol. The Labute approximate surface area is 112 Å². The second kappa shape index (κ2) is 7.78. The van der Waals surface area contributed by atoms with Gasteiger partial charge < -0.3 is 11.1 Å². The third-order valence-electron chi connectivity index (χ3n) is 3.96. The summed E-state index contributed by atoms with van der Waals surface area (Å²) in [4.78, 5) is 11.7. The van der Waals surface area contributed by atoms with E-state index in [2.05, 4.69) is 26.1 Å². The van der Waals surface area contributed by atoms with Crippen molar-refractivity contribution in [2.45, 2.75) is 65.3 Å². The molecule has 0 aromatic rings. The molecule has 18 heavy (non-hydrogen) atoms. The summed E-state index contributed by atoms with van der Waals surface area (Å²) in [5.74, 6) is 2.16. The van der Waals surface area contributed by atoms with E-state index >= 15 is 0 Å². The molecular weight excluding hydrogens is 224 g/mol. The maximum atomic E-state index is 11.7. The molecule has 2 unspecified atom stereocenters. The lowest BCUT2D eigenvalue weighted by molar-refractivity contribution is -0.122. The monoisotopic (exact) mass is 254 g/mol. The van der Waals surface area contributed by atoms with Gasteiger partial charge in [0, 0.05) is 6.54 Å². The van der Waals surface area contributed by atoms with Gasteiger partial charge in [-0.25, -0.2) is 0 Å². The van der Waals surface area contributed by atoms with Gasteiger partial charge in [-0.15, -0.1) is 0 Å². The first-order valence-electron chi connectivity index (χ1n) is 7.52. The Balaban J connectivity index is 2.14. The van der Waals surface area contributed by atoms with E-state index in [1.54, 1.807) is 0 Å². The second-order valence-electron chi connectivity index (χ2n) is 6.45. The molecule has 0 heterocycles. The first-order valence-corrected chi connectivity index (χ1v) is 7.52. The van der Waals surface area contributed by atoms with Gasteiger partial charge in [-0.1, -0.05) is 40.0 Å². The Morgan fingerprint density at radius 2 is 2.11 bits per heavy atom. The molecular formula is C15H30N2O. The van der Waals surface area contributed by atoms with Crippen LogP contribution >= 0.6 is 0 Å². The summed E-state index contributed by atoms with van der Waals surface area (Å²) in [6.45, 7) is 7.32. The lowest BCUT2D eigenvalue weighted by Gasteiger charge is -2.26. The zero-order chi connectivity index (χ0) is 13.5. The van der Waals surface area contributed by atoms with Crippen molar-refractivity contribution in [1.29, 1.82) is 0 Å². The Hall–Kier alpha value is -0.570. The lowest BCUT2D eigenvalue weighted by Crippen LogP contribution is -2.42. The Kier molecular flexibility index (Phi) is 6.69. The van der Waals surface area contributed by atoms with Crippen LogP contribution in [-0.4, -0.2) is 18.5 Å². The first kappa shape index (κ1) is 15.5. The lowest BCUT2D eigenvalue weighted by atomic mass is 9.81. The topological polar surface area (TPSA) is 55.1 Å². The highest BCUT2D eigenvalue weighted by atomic mass is 16.2. The van der Waals surface area contributed by atoms with Crippen LogP contribution in [0.4, 0.5) is 0 Å². The summed E-state index contributed by atoms with van der Waals surface area (Å²) in [6, 6.07) is -0.338. The molecule has 3 nitrogen and oxygen atoms in total. The highest BCUT2D eigenvalue weighted by Gasteiger charge is 2.19. The van der Waals surface area contributed by atoms with Gasteiger partial charge in [0.25, 0.3) is 0 Å². The van der Waals surface area contributed by atoms with Gasteiger partial charge in [0.2, 0.25) is 5.91 Å². The summed E-state index contributed by atoms with van der Waals surface area (Å²) in [5.41, 5.74) is 5.85. The van der Waals surface area contributed by atoms with E-state index in [9.17, 15) is 4.79 Å². The quantitative estimate of drug-likeness (QED) is 0.765. The van der Waals surface area contributed by atoms with E-state index in [1.165, 1.54) is 25.7 Å². The molecule has 1 amide bonds. The number of nitrogens with one attached hydrogen (secondary N) is 1. The van der Waals surface area contributed by atoms with E-state index in [0.29, 0.717) is 5.92 Å². The van der Waals surface area contributed by atoms with Crippen molar-refractivity contribution < 1.29 is 4.79 Å². The molecule has 0 bridgehead atoms. The van der Waals surface area contributed by atoms with Gasteiger partial charge >= 0.3 is 0 Å². The van der Waals surface area contributed by atoms with Crippen molar-refractivity contribution in [1.82, 2.24) is 5.32 Å². The molecule has 0 aromatic carbocycles. The van der Waals surface area contributed by atoms with Crippen LogP contribution in [0.2, 0.25) is 0 Å². The van der Waals surface area contributed by atoms with Crippen LogP contribution in [0.5, 0.6) is 0 Å². The molecule has 3 atom stereocenters. The maximum absolute atomic E-state index is 11.7. The predicted molar refractivity (Wildman–Crippen MR) is 76.2 cm³/mol. The molecule has 1 aliphatic carbocycles. The highest BCUT2D eigenvalue weighted by Crippen LogP contribution is 2.30. The van der Waals surface area contributed by atoms with Crippen LogP contribution in [0, 0.1) is 17.8 Å². The average Bonchev–Trinajstić information content (AvgIpc) is 2.28. The standard InChI is InChI=1S/C15H30N2O/c1-11(2)9-14(16)15(18)17-8-7-13-6-4-5-12(3)10-13/h11-14H,4-10,16H2,1-3H3,(H,17,18)/t12?,13?,14-/m0/s1. The van der Waals surface area contributed by atoms with Crippen LogP contribution in [0.3, 0.4) is 0 Å². The number of carbonyl (C=O) groups is 1. The summed E-state index contributed by atoms with van der Waals surface area (Å²) < 4.78 is 0. The maximum Gasteiger partial charge on any atom is 0.236 e. The molecule has 0 aliphatic heterocycles.